The first-order chi connectivity index (χ1) is 17.4. The maximum atomic E-state index is 13.4. The lowest BCUT2D eigenvalue weighted by Gasteiger charge is -2.35. The Labute approximate surface area is 211 Å². The number of benzene rings is 2. The zero-order chi connectivity index (χ0) is 25.7. The predicted molar refractivity (Wildman–Crippen MR) is 138 cm³/mol. The van der Waals surface area contributed by atoms with Gasteiger partial charge in [-0.25, -0.2) is 4.79 Å². The van der Waals surface area contributed by atoms with Gasteiger partial charge in [-0.15, -0.1) is 0 Å². The van der Waals surface area contributed by atoms with Crippen molar-refractivity contribution < 1.29 is 23.4 Å². The molecule has 8 heteroatoms. The SMILES string of the molecule is CCOc1cc(C(=O)N2CCN(Cc3cc(=O)oc4cc(C)ccc34)CC2)cc(OCC)c1OCC. The van der Waals surface area contributed by atoms with Crippen molar-refractivity contribution in [1.29, 1.82) is 0 Å². The molecule has 192 valence electrons. The van der Waals surface area contributed by atoms with Crippen molar-refractivity contribution in [2.75, 3.05) is 46.0 Å². The van der Waals surface area contributed by atoms with E-state index in [-0.39, 0.29) is 11.5 Å². The molecule has 0 atom stereocenters. The largest absolute Gasteiger partial charge is 0.490 e. The standard InChI is InChI=1S/C28H34N2O6/c1-5-33-24-15-20(16-25(34-6-2)27(24)35-7-3)28(32)30-12-10-29(11-13-30)18-21-17-26(31)36-23-14-19(4)8-9-22(21)23/h8-9,14-17H,5-7,10-13,18H2,1-4H3. The van der Waals surface area contributed by atoms with Crippen LogP contribution in [0.1, 0.15) is 42.3 Å². The second-order valence-corrected chi connectivity index (χ2v) is 8.76. The predicted octanol–water partition coefficient (Wildman–Crippen LogP) is 4.26. The normalized spacial score (nSPS) is 14.2. The summed E-state index contributed by atoms with van der Waals surface area (Å²) in [6.07, 6.45) is 0. The topological polar surface area (TPSA) is 81.5 Å². The maximum Gasteiger partial charge on any atom is 0.336 e. The van der Waals surface area contributed by atoms with Crippen LogP contribution in [0.4, 0.5) is 0 Å². The van der Waals surface area contributed by atoms with Crippen LogP contribution in [-0.2, 0) is 6.54 Å². The molecule has 1 fully saturated rings. The summed E-state index contributed by atoms with van der Waals surface area (Å²) >= 11 is 0. The van der Waals surface area contributed by atoms with E-state index in [0.29, 0.717) is 80.9 Å². The fraction of sp³-hybridized carbons (Fsp3) is 0.429. The molecule has 1 aliphatic rings. The van der Waals surface area contributed by atoms with Gasteiger partial charge in [-0.05, 0) is 57.0 Å². The second kappa shape index (κ2) is 11.5. The quantitative estimate of drug-likeness (QED) is 0.411. The number of piperazine rings is 1. The molecule has 8 nitrogen and oxygen atoms in total. The van der Waals surface area contributed by atoms with Crippen molar-refractivity contribution >= 4 is 16.9 Å². The minimum absolute atomic E-state index is 0.0686. The first kappa shape index (κ1) is 25.6. The van der Waals surface area contributed by atoms with E-state index < -0.39 is 0 Å². The summed E-state index contributed by atoms with van der Waals surface area (Å²) in [4.78, 5) is 29.6. The lowest BCUT2D eigenvalue weighted by molar-refractivity contribution is 0.0627. The van der Waals surface area contributed by atoms with Crippen molar-refractivity contribution in [2.45, 2.75) is 34.2 Å². The third-order valence-corrected chi connectivity index (χ3v) is 6.20. The van der Waals surface area contributed by atoms with E-state index in [9.17, 15) is 9.59 Å². The van der Waals surface area contributed by atoms with Gasteiger partial charge in [-0.2, -0.15) is 0 Å². The number of fused-ring (bicyclic) bond motifs is 1. The minimum atomic E-state index is -0.345. The highest BCUT2D eigenvalue weighted by Gasteiger charge is 2.25. The van der Waals surface area contributed by atoms with Crippen molar-refractivity contribution in [2.24, 2.45) is 0 Å². The molecule has 1 aromatic heterocycles. The smallest absolute Gasteiger partial charge is 0.336 e. The first-order valence-corrected chi connectivity index (χ1v) is 12.5. The Morgan fingerprint density at radius 3 is 2.14 bits per heavy atom. The number of ether oxygens (including phenoxy) is 3. The molecule has 0 saturated carbocycles. The van der Waals surface area contributed by atoms with Gasteiger partial charge in [0.15, 0.2) is 11.5 Å². The van der Waals surface area contributed by atoms with Crippen LogP contribution in [0.3, 0.4) is 0 Å². The number of amides is 1. The van der Waals surface area contributed by atoms with Crippen LogP contribution in [-0.4, -0.2) is 61.7 Å². The lowest BCUT2D eigenvalue weighted by atomic mass is 10.1. The summed E-state index contributed by atoms with van der Waals surface area (Å²) in [6, 6.07) is 11.0. The van der Waals surface area contributed by atoms with Crippen LogP contribution in [0.5, 0.6) is 17.2 Å². The van der Waals surface area contributed by atoms with E-state index >= 15 is 0 Å². The number of carbonyl (C=O) groups excluding carboxylic acids is 1. The van der Waals surface area contributed by atoms with E-state index in [1.807, 2.05) is 50.8 Å². The van der Waals surface area contributed by atoms with Crippen LogP contribution in [0.15, 0.2) is 45.6 Å². The highest BCUT2D eigenvalue weighted by molar-refractivity contribution is 5.95. The van der Waals surface area contributed by atoms with Crippen LogP contribution in [0, 0.1) is 6.92 Å². The highest BCUT2D eigenvalue weighted by atomic mass is 16.5. The van der Waals surface area contributed by atoms with E-state index in [0.717, 1.165) is 16.5 Å². The van der Waals surface area contributed by atoms with Gasteiger partial charge in [0, 0.05) is 49.7 Å². The van der Waals surface area contributed by atoms with Crippen molar-refractivity contribution in [3.8, 4) is 17.2 Å². The van der Waals surface area contributed by atoms with Gasteiger partial charge in [0.1, 0.15) is 5.58 Å². The molecule has 0 radical (unpaired) electrons. The summed E-state index contributed by atoms with van der Waals surface area (Å²) < 4.78 is 22.7. The average Bonchev–Trinajstić information content (AvgIpc) is 2.85. The minimum Gasteiger partial charge on any atom is -0.490 e. The van der Waals surface area contributed by atoms with E-state index in [4.69, 9.17) is 18.6 Å². The van der Waals surface area contributed by atoms with Crippen LogP contribution in [0.25, 0.3) is 11.0 Å². The zero-order valence-electron chi connectivity index (χ0n) is 21.5. The Bertz CT molecular complexity index is 1250. The molecule has 2 aromatic carbocycles. The molecule has 36 heavy (non-hydrogen) atoms. The average molecular weight is 495 g/mol. The van der Waals surface area contributed by atoms with Crippen molar-refractivity contribution in [3.05, 3.63) is 63.5 Å². The number of hydrogen-bond acceptors (Lipinski definition) is 7. The monoisotopic (exact) mass is 494 g/mol. The summed E-state index contributed by atoms with van der Waals surface area (Å²) in [7, 11) is 0. The van der Waals surface area contributed by atoms with Gasteiger partial charge in [0.05, 0.1) is 19.8 Å². The fourth-order valence-corrected chi connectivity index (χ4v) is 4.51. The molecule has 0 bridgehead atoms. The Morgan fingerprint density at radius 2 is 1.53 bits per heavy atom. The molecule has 3 aromatic rings. The van der Waals surface area contributed by atoms with Gasteiger partial charge >= 0.3 is 5.63 Å². The van der Waals surface area contributed by atoms with Crippen LogP contribution in [0.2, 0.25) is 0 Å². The van der Waals surface area contributed by atoms with Crippen LogP contribution >= 0.6 is 0 Å². The molecular weight excluding hydrogens is 460 g/mol. The first-order valence-electron chi connectivity index (χ1n) is 12.5. The molecule has 1 amide bonds. The Morgan fingerprint density at radius 1 is 0.889 bits per heavy atom. The van der Waals surface area contributed by atoms with Gasteiger partial charge in [-0.1, -0.05) is 12.1 Å². The molecule has 0 N–H and O–H groups in total. The Kier molecular flexibility index (Phi) is 8.15. The molecule has 2 heterocycles. The Balaban J connectivity index is 1.48. The summed E-state index contributed by atoms with van der Waals surface area (Å²) in [5.41, 5.74) is 2.76. The third kappa shape index (κ3) is 5.65. The van der Waals surface area contributed by atoms with E-state index in [1.165, 1.54) is 0 Å². The zero-order valence-corrected chi connectivity index (χ0v) is 21.5. The molecule has 0 spiro atoms. The molecule has 4 rings (SSSR count). The van der Waals surface area contributed by atoms with Crippen LogP contribution < -0.4 is 19.8 Å². The number of hydrogen-bond donors (Lipinski definition) is 0. The lowest BCUT2D eigenvalue weighted by Crippen LogP contribution is -2.48. The molecule has 1 aliphatic heterocycles. The molecular formula is C28H34N2O6. The van der Waals surface area contributed by atoms with E-state index in [1.54, 1.807) is 18.2 Å². The Hall–Kier alpha value is -3.52. The van der Waals surface area contributed by atoms with Gasteiger partial charge < -0.3 is 23.5 Å². The highest BCUT2D eigenvalue weighted by Crippen LogP contribution is 2.39. The van der Waals surface area contributed by atoms with Gasteiger partial charge in [-0.3, -0.25) is 9.69 Å². The van der Waals surface area contributed by atoms with Crippen molar-refractivity contribution in [1.82, 2.24) is 9.80 Å². The molecule has 0 unspecified atom stereocenters. The van der Waals surface area contributed by atoms with Gasteiger partial charge in [0.25, 0.3) is 5.91 Å². The second-order valence-electron chi connectivity index (χ2n) is 8.76. The van der Waals surface area contributed by atoms with E-state index in [2.05, 4.69) is 4.90 Å². The summed E-state index contributed by atoms with van der Waals surface area (Å²) in [6.45, 7) is 12.2. The number of rotatable bonds is 9. The summed E-state index contributed by atoms with van der Waals surface area (Å²) in [5, 5.41) is 0.944. The number of aryl methyl sites for hydroxylation is 1. The third-order valence-electron chi connectivity index (χ3n) is 6.20. The van der Waals surface area contributed by atoms with Gasteiger partial charge in [0.2, 0.25) is 5.75 Å². The molecule has 1 saturated heterocycles. The fourth-order valence-electron chi connectivity index (χ4n) is 4.51. The number of carbonyl (C=O) groups is 1. The summed E-state index contributed by atoms with van der Waals surface area (Å²) in [5.74, 6) is 1.48. The number of nitrogens with zero attached hydrogens (tertiary/aromatic N) is 2. The maximum absolute atomic E-state index is 13.4. The van der Waals surface area contributed by atoms with Crippen molar-refractivity contribution in [3.63, 3.8) is 0 Å². The molecule has 0 aliphatic carbocycles.